The zero-order valence-electron chi connectivity index (χ0n) is 18.0. The van der Waals surface area contributed by atoms with Crippen LogP contribution < -0.4 is 5.32 Å². The number of carbonyl (C=O) groups is 1. The first kappa shape index (κ1) is 22.9. The van der Waals surface area contributed by atoms with Crippen molar-refractivity contribution in [3.05, 3.63) is 33.6 Å². The van der Waals surface area contributed by atoms with Crippen LogP contribution in [0.5, 0.6) is 0 Å². The van der Waals surface area contributed by atoms with E-state index in [1.165, 1.54) is 17.4 Å². The summed E-state index contributed by atoms with van der Waals surface area (Å²) in [5, 5.41) is 10.4. The highest BCUT2D eigenvalue weighted by Crippen LogP contribution is 2.22. The molecule has 1 aliphatic heterocycles. The molecular formula is C21H30ClN5O2S. The topological polar surface area (TPSA) is 72.3 Å². The molecule has 164 valence electrons. The Morgan fingerprint density at radius 1 is 1.40 bits per heavy atom. The van der Waals surface area contributed by atoms with Crippen molar-refractivity contribution in [3.8, 4) is 0 Å². The van der Waals surface area contributed by atoms with Crippen molar-refractivity contribution >= 4 is 40.1 Å². The van der Waals surface area contributed by atoms with Crippen molar-refractivity contribution in [2.45, 2.75) is 65.8 Å². The molecular weight excluding hydrogens is 422 g/mol. The van der Waals surface area contributed by atoms with Gasteiger partial charge in [-0.3, -0.25) is 19.7 Å². The van der Waals surface area contributed by atoms with Gasteiger partial charge in [0.05, 0.1) is 23.6 Å². The minimum absolute atomic E-state index is 0.221. The summed E-state index contributed by atoms with van der Waals surface area (Å²) < 4.78 is 7.56. The standard InChI is InChI=1S/C21H30ClN5O2S/c1-5-6-9-27-20(22)18(16(4)25-27)7-8-19(28)24-21-23-17(13-30-21)12-26-10-14(2)29-15(3)11-26/h7-8,13-15H,5-6,9-12H2,1-4H3,(H,23,24,28)/b8-7+. The van der Waals surface area contributed by atoms with Gasteiger partial charge >= 0.3 is 0 Å². The number of amides is 1. The van der Waals surface area contributed by atoms with Gasteiger partial charge in [-0.25, -0.2) is 4.98 Å². The van der Waals surface area contributed by atoms with Gasteiger partial charge in [-0.2, -0.15) is 5.10 Å². The lowest BCUT2D eigenvalue weighted by atomic mass is 10.2. The summed E-state index contributed by atoms with van der Waals surface area (Å²) in [5.41, 5.74) is 2.54. The Bertz CT molecular complexity index is 884. The van der Waals surface area contributed by atoms with Crippen LogP contribution in [-0.4, -0.2) is 50.9 Å². The molecule has 2 atom stereocenters. The molecule has 1 fully saturated rings. The summed E-state index contributed by atoms with van der Waals surface area (Å²) in [5.74, 6) is -0.235. The lowest BCUT2D eigenvalue weighted by Crippen LogP contribution is -2.44. The van der Waals surface area contributed by atoms with Crippen LogP contribution in [0, 0.1) is 6.92 Å². The third-order valence-electron chi connectivity index (χ3n) is 4.90. The van der Waals surface area contributed by atoms with Gasteiger partial charge in [0, 0.05) is 43.2 Å². The van der Waals surface area contributed by atoms with Crippen LogP contribution in [0.4, 0.5) is 5.13 Å². The van der Waals surface area contributed by atoms with E-state index in [9.17, 15) is 4.79 Å². The van der Waals surface area contributed by atoms with Gasteiger partial charge < -0.3 is 4.74 Å². The summed E-state index contributed by atoms with van der Waals surface area (Å²) in [4.78, 5) is 19.2. The summed E-state index contributed by atoms with van der Waals surface area (Å²) in [6.07, 6.45) is 5.72. The SMILES string of the molecule is CCCCn1nc(C)c(/C=C/C(=O)Nc2nc(CN3CC(C)OC(C)C3)cs2)c1Cl. The molecule has 0 aliphatic carbocycles. The van der Waals surface area contributed by atoms with Crippen molar-refractivity contribution in [3.63, 3.8) is 0 Å². The predicted molar refractivity (Wildman–Crippen MR) is 122 cm³/mol. The van der Waals surface area contributed by atoms with E-state index in [1.54, 1.807) is 10.8 Å². The van der Waals surface area contributed by atoms with Crippen LogP contribution in [0.3, 0.4) is 0 Å². The van der Waals surface area contributed by atoms with Crippen LogP contribution >= 0.6 is 22.9 Å². The summed E-state index contributed by atoms with van der Waals surface area (Å²) in [7, 11) is 0. The average molecular weight is 452 g/mol. The molecule has 1 aliphatic rings. The molecule has 1 amide bonds. The van der Waals surface area contributed by atoms with Crippen LogP contribution in [-0.2, 0) is 22.6 Å². The molecule has 0 saturated carbocycles. The molecule has 2 unspecified atom stereocenters. The van der Waals surface area contributed by atoms with Crippen molar-refractivity contribution in [1.29, 1.82) is 0 Å². The fourth-order valence-electron chi connectivity index (χ4n) is 3.60. The summed E-state index contributed by atoms with van der Waals surface area (Å²) >= 11 is 7.85. The number of hydrogen-bond acceptors (Lipinski definition) is 6. The molecule has 2 aromatic heterocycles. The Kier molecular flexibility index (Phi) is 8.05. The number of carbonyl (C=O) groups excluding carboxylic acids is 1. The number of morpholine rings is 1. The normalized spacial score (nSPS) is 20.2. The average Bonchev–Trinajstić information content (AvgIpc) is 3.21. The molecule has 2 aromatic rings. The highest BCUT2D eigenvalue weighted by Gasteiger charge is 2.22. The highest BCUT2D eigenvalue weighted by atomic mass is 35.5. The minimum atomic E-state index is -0.235. The van der Waals surface area contributed by atoms with E-state index in [0.717, 1.165) is 56.0 Å². The van der Waals surface area contributed by atoms with Gasteiger partial charge in [-0.05, 0) is 33.3 Å². The number of aryl methyl sites for hydroxylation is 2. The smallest absolute Gasteiger partial charge is 0.250 e. The van der Waals surface area contributed by atoms with Gasteiger partial charge in [0.15, 0.2) is 5.13 Å². The lowest BCUT2D eigenvalue weighted by Gasteiger charge is -2.34. The van der Waals surface area contributed by atoms with Crippen molar-refractivity contribution in [2.24, 2.45) is 0 Å². The number of halogens is 1. The number of nitrogens with zero attached hydrogens (tertiary/aromatic N) is 4. The molecule has 1 N–H and O–H groups in total. The van der Waals surface area contributed by atoms with E-state index in [1.807, 2.05) is 12.3 Å². The van der Waals surface area contributed by atoms with Crippen LogP contribution in [0.1, 0.15) is 50.6 Å². The first-order valence-electron chi connectivity index (χ1n) is 10.4. The maximum atomic E-state index is 12.3. The van der Waals surface area contributed by atoms with E-state index in [0.29, 0.717) is 10.3 Å². The first-order valence-corrected chi connectivity index (χ1v) is 11.7. The molecule has 0 aromatic carbocycles. The summed E-state index contributed by atoms with van der Waals surface area (Å²) in [6.45, 7) is 11.5. The Morgan fingerprint density at radius 3 is 2.83 bits per heavy atom. The van der Waals surface area contributed by atoms with Gasteiger partial charge in [0.1, 0.15) is 5.15 Å². The van der Waals surface area contributed by atoms with E-state index < -0.39 is 0 Å². The second-order valence-electron chi connectivity index (χ2n) is 7.78. The number of nitrogens with one attached hydrogen (secondary N) is 1. The molecule has 30 heavy (non-hydrogen) atoms. The second-order valence-corrected chi connectivity index (χ2v) is 9.00. The molecule has 1 saturated heterocycles. The second kappa shape index (κ2) is 10.5. The molecule has 7 nitrogen and oxygen atoms in total. The zero-order chi connectivity index (χ0) is 21.7. The number of aromatic nitrogens is 3. The number of unbranched alkanes of at least 4 members (excludes halogenated alkanes) is 1. The van der Waals surface area contributed by atoms with E-state index in [2.05, 4.69) is 41.1 Å². The van der Waals surface area contributed by atoms with Gasteiger partial charge in [0.25, 0.3) is 0 Å². The Labute approximate surface area is 187 Å². The van der Waals surface area contributed by atoms with E-state index >= 15 is 0 Å². The molecule has 0 spiro atoms. The number of anilines is 1. The van der Waals surface area contributed by atoms with Crippen LogP contribution in [0.2, 0.25) is 5.15 Å². The lowest BCUT2D eigenvalue weighted by molar-refractivity contribution is -0.111. The number of rotatable bonds is 8. The number of thiazole rings is 1. The molecule has 0 bridgehead atoms. The van der Waals surface area contributed by atoms with E-state index in [4.69, 9.17) is 16.3 Å². The monoisotopic (exact) mass is 451 g/mol. The third kappa shape index (κ3) is 6.14. The number of hydrogen-bond donors (Lipinski definition) is 1. The maximum absolute atomic E-state index is 12.3. The van der Waals surface area contributed by atoms with E-state index in [-0.39, 0.29) is 18.1 Å². The van der Waals surface area contributed by atoms with Crippen LogP contribution in [0.25, 0.3) is 6.08 Å². The molecule has 3 heterocycles. The highest BCUT2D eigenvalue weighted by molar-refractivity contribution is 7.13. The van der Waals surface area contributed by atoms with Crippen LogP contribution in [0.15, 0.2) is 11.5 Å². The van der Waals surface area contributed by atoms with Crippen molar-refractivity contribution in [2.75, 3.05) is 18.4 Å². The summed E-state index contributed by atoms with van der Waals surface area (Å²) in [6, 6.07) is 0. The predicted octanol–water partition coefficient (Wildman–Crippen LogP) is 4.36. The molecule has 9 heteroatoms. The fourth-order valence-corrected chi connectivity index (χ4v) is 4.62. The Morgan fingerprint density at radius 2 is 2.13 bits per heavy atom. The zero-order valence-corrected chi connectivity index (χ0v) is 19.6. The number of ether oxygens (including phenoxy) is 1. The Hall–Kier alpha value is -1.74. The van der Waals surface area contributed by atoms with Gasteiger partial charge in [-0.15, -0.1) is 11.3 Å². The quantitative estimate of drug-likeness (QED) is 0.603. The molecule has 3 rings (SSSR count). The Balaban J connectivity index is 1.56. The van der Waals surface area contributed by atoms with Crippen molar-refractivity contribution in [1.82, 2.24) is 19.7 Å². The maximum Gasteiger partial charge on any atom is 0.250 e. The molecule has 0 radical (unpaired) electrons. The third-order valence-corrected chi connectivity index (χ3v) is 6.10. The first-order chi connectivity index (χ1) is 14.4. The van der Waals surface area contributed by atoms with Crippen molar-refractivity contribution < 1.29 is 9.53 Å². The minimum Gasteiger partial charge on any atom is -0.373 e. The van der Waals surface area contributed by atoms with Gasteiger partial charge in [-0.1, -0.05) is 24.9 Å². The van der Waals surface area contributed by atoms with Gasteiger partial charge in [0.2, 0.25) is 5.91 Å². The largest absolute Gasteiger partial charge is 0.373 e. The fraction of sp³-hybridized carbons (Fsp3) is 0.571.